The maximum absolute atomic E-state index is 12.4. The van der Waals surface area contributed by atoms with Crippen LogP contribution in [0.15, 0.2) is 0 Å². The first kappa shape index (κ1) is 13.1. The summed E-state index contributed by atoms with van der Waals surface area (Å²) in [5.41, 5.74) is -0.702. The largest absolute Gasteiger partial charge is 0.325 e. The van der Waals surface area contributed by atoms with Gasteiger partial charge in [-0.15, -0.1) is 0 Å². The number of nitrogens with zero attached hydrogens (tertiary/aromatic N) is 1. The Labute approximate surface area is 107 Å². The van der Waals surface area contributed by atoms with E-state index in [0.717, 1.165) is 25.7 Å². The maximum Gasteiger partial charge on any atom is 0.325 e. The van der Waals surface area contributed by atoms with Crippen molar-refractivity contribution in [2.45, 2.75) is 51.5 Å². The normalized spacial score (nSPS) is 31.9. The van der Waals surface area contributed by atoms with Gasteiger partial charge in [0.15, 0.2) is 0 Å². The molecule has 2 rings (SSSR count). The Kier molecular flexibility index (Phi) is 3.41. The van der Waals surface area contributed by atoms with Gasteiger partial charge in [0.25, 0.3) is 5.91 Å². The number of imide groups is 1. The molecular formula is C13H20N2O3. The van der Waals surface area contributed by atoms with Gasteiger partial charge in [0.05, 0.1) is 0 Å². The lowest BCUT2D eigenvalue weighted by atomic mass is 9.73. The van der Waals surface area contributed by atoms with E-state index in [1.807, 2.05) is 6.92 Å². The molecule has 1 aliphatic carbocycles. The van der Waals surface area contributed by atoms with Gasteiger partial charge in [-0.05, 0) is 25.7 Å². The van der Waals surface area contributed by atoms with Crippen molar-refractivity contribution in [1.29, 1.82) is 0 Å². The maximum atomic E-state index is 12.4. The number of rotatable bonds is 3. The van der Waals surface area contributed by atoms with Crippen LogP contribution in [-0.2, 0) is 9.59 Å². The summed E-state index contributed by atoms with van der Waals surface area (Å²) in [4.78, 5) is 36.5. The molecule has 0 aromatic carbocycles. The summed E-state index contributed by atoms with van der Waals surface area (Å²) in [5.74, 6) is 0.0271. The fraction of sp³-hybridized carbons (Fsp3) is 0.769. The van der Waals surface area contributed by atoms with Crippen LogP contribution in [0, 0.1) is 5.92 Å². The third-order valence-corrected chi connectivity index (χ3v) is 4.19. The number of amides is 3. The first-order valence-corrected chi connectivity index (χ1v) is 6.61. The van der Waals surface area contributed by atoms with Crippen molar-refractivity contribution in [3.05, 3.63) is 0 Å². The minimum atomic E-state index is -0.702. The van der Waals surface area contributed by atoms with E-state index in [0.29, 0.717) is 0 Å². The summed E-state index contributed by atoms with van der Waals surface area (Å²) in [7, 11) is 0. The average Bonchev–Trinajstić information content (AvgIpc) is 2.54. The molecule has 2 atom stereocenters. The SMILES string of the molecule is CC(=O)CCN1C(=O)N[C@]2(CCCC[C@H]2C)C1=O. The van der Waals surface area contributed by atoms with Gasteiger partial charge >= 0.3 is 6.03 Å². The fourth-order valence-corrected chi connectivity index (χ4v) is 2.97. The molecule has 0 unspecified atom stereocenters. The van der Waals surface area contributed by atoms with Gasteiger partial charge in [0.1, 0.15) is 11.3 Å². The van der Waals surface area contributed by atoms with E-state index >= 15 is 0 Å². The molecule has 0 aromatic rings. The van der Waals surface area contributed by atoms with Gasteiger partial charge in [-0.2, -0.15) is 0 Å². The molecule has 1 N–H and O–H groups in total. The minimum Gasteiger partial charge on any atom is -0.323 e. The number of hydrogen-bond donors (Lipinski definition) is 1. The van der Waals surface area contributed by atoms with Crippen molar-refractivity contribution in [2.75, 3.05) is 6.54 Å². The summed E-state index contributed by atoms with van der Waals surface area (Å²) in [5, 5.41) is 2.87. The number of Topliss-reactive ketones (excluding diaryl/α,β-unsaturated/α-hetero) is 1. The van der Waals surface area contributed by atoms with E-state index < -0.39 is 5.54 Å². The van der Waals surface area contributed by atoms with Crippen molar-refractivity contribution in [2.24, 2.45) is 5.92 Å². The number of nitrogens with one attached hydrogen (secondary N) is 1. The van der Waals surface area contributed by atoms with Gasteiger partial charge in [0, 0.05) is 13.0 Å². The Bertz CT molecular complexity index is 394. The molecular weight excluding hydrogens is 232 g/mol. The molecule has 2 aliphatic rings. The Morgan fingerprint density at radius 3 is 2.78 bits per heavy atom. The van der Waals surface area contributed by atoms with Crippen LogP contribution in [0.25, 0.3) is 0 Å². The molecule has 1 saturated heterocycles. The lowest BCUT2D eigenvalue weighted by Gasteiger charge is -2.36. The molecule has 3 amide bonds. The molecule has 100 valence electrons. The standard InChI is InChI=1S/C13H20N2O3/c1-9-5-3-4-7-13(9)11(17)15(12(18)14-13)8-6-10(2)16/h9H,3-8H2,1-2H3,(H,14,18)/t9-,13+/m1/s1. The molecule has 0 bridgehead atoms. The number of ketones is 1. The number of carbonyl (C=O) groups excluding carboxylic acids is 3. The lowest BCUT2D eigenvalue weighted by molar-refractivity contribution is -0.134. The second-order valence-electron chi connectivity index (χ2n) is 5.46. The highest BCUT2D eigenvalue weighted by Crippen LogP contribution is 2.38. The monoisotopic (exact) mass is 252 g/mol. The molecule has 1 spiro atoms. The van der Waals surface area contributed by atoms with E-state index in [1.165, 1.54) is 11.8 Å². The third-order valence-electron chi connectivity index (χ3n) is 4.19. The van der Waals surface area contributed by atoms with Gasteiger partial charge in [-0.3, -0.25) is 14.5 Å². The topological polar surface area (TPSA) is 66.5 Å². The van der Waals surface area contributed by atoms with Crippen LogP contribution in [0.5, 0.6) is 0 Å². The lowest BCUT2D eigenvalue weighted by Crippen LogP contribution is -2.53. The summed E-state index contributed by atoms with van der Waals surface area (Å²) in [6, 6.07) is -0.338. The average molecular weight is 252 g/mol. The third kappa shape index (κ3) is 2.02. The van der Waals surface area contributed by atoms with E-state index in [2.05, 4.69) is 5.32 Å². The van der Waals surface area contributed by atoms with Gasteiger partial charge in [-0.25, -0.2) is 4.79 Å². The van der Waals surface area contributed by atoms with Crippen LogP contribution in [-0.4, -0.2) is 34.7 Å². The zero-order valence-electron chi connectivity index (χ0n) is 11.0. The van der Waals surface area contributed by atoms with Crippen LogP contribution < -0.4 is 5.32 Å². The van der Waals surface area contributed by atoms with Crippen LogP contribution >= 0.6 is 0 Å². The highest BCUT2D eigenvalue weighted by molar-refractivity contribution is 6.07. The second-order valence-corrected chi connectivity index (χ2v) is 5.46. The highest BCUT2D eigenvalue weighted by atomic mass is 16.2. The van der Waals surface area contributed by atoms with E-state index in [1.54, 1.807) is 0 Å². The predicted molar refractivity (Wildman–Crippen MR) is 65.9 cm³/mol. The van der Waals surface area contributed by atoms with E-state index in [4.69, 9.17) is 0 Å². The zero-order valence-corrected chi connectivity index (χ0v) is 11.0. The molecule has 5 heteroatoms. The van der Waals surface area contributed by atoms with Gasteiger partial charge in [-0.1, -0.05) is 19.8 Å². The van der Waals surface area contributed by atoms with Crippen LogP contribution in [0.4, 0.5) is 4.79 Å². The van der Waals surface area contributed by atoms with Gasteiger partial charge in [0.2, 0.25) is 0 Å². The van der Waals surface area contributed by atoms with Crippen molar-refractivity contribution in [3.8, 4) is 0 Å². The van der Waals surface area contributed by atoms with Crippen molar-refractivity contribution in [1.82, 2.24) is 10.2 Å². The quantitative estimate of drug-likeness (QED) is 0.773. The first-order valence-electron chi connectivity index (χ1n) is 6.61. The van der Waals surface area contributed by atoms with E-state index in [9.17, 15) is 14.4 Å². The predicted octanol–water partition coefficient (Wildman–Crippen LogP) is 1.47. The Morgan fingerprint density at radius 1 is 1.44 bits per heavy atom. The van der Waals surface area contributed by atoms with E-state index in [-0.39, 0.29) is 36.6 Å². The molecule has 5 nitrogen and oxygen atoms in total. The highest BCUT2D eigenvalue weighted by Gasteiger charge is 2.54. The number of urea groups is 1. The molecule has 0 aromatic heterocycles. The number of carbonyl (C=O) groups is 3. The Hall–Kier alpha value is -1.39. The summed E-state index contributed by atoms with van der Waals surface area (Å²) in [6.07, 6.45) is 4.00. The van der Waals surface area contributed by atoms with Crippen LogP contribution in [0.3, 0.4) is 0 Å². The smallest absolute Gasteiger partial charge is 0.323 e. The summed E-state index contributed by atoms with van der Waals surface area (Å²) >= 11 is 0. The minimum absolute atomic E-state index is 0.00626. The zero-order chi connectivity index (χ0) is 13.3. The molecule has 1 aliphatic heterocycles. The van der Waals surface area contributed by atoms with Crippen LogP contribution in [0.1, 0.15) is 46.0 Å². The molecule has 1 heterocycles. The second kappa shape index (κ2) is 4.71. The summed E-state index contributed by atoms with van der Waals surface area (Å²) < 4.78 is 0. The first-order chi connectivity index (χ1) is 8.47. The fourth-order valence-electron chi connectivity index (χ4n) is 2.97. The molecule has 2 fully saturated rings. The summed E-state index contributed by atoms with van der Waals surface area (Å²) in [6.45, 7) is 3.69. The molecule has 18 heavy (non-hydrogen) atoms. The van der Waals surface area contributed by atoms with Crippen molar-refractivity contribution in [3.63, 3.8) is 0 Å². The van der Waals surface area contributed by atoms with Crippen molar-refractivity contribution < 1.29 is 14.4 Å². The molecule has 0 radical (unpaired) electrons. The number of hydrogen-bond acceptors (Lipinski definition) is 3. The van der Waals surface area contributed by atoms with Crippen molar-refractivity contribution >= 4 is 17.7 Å². The van der Waals surface area contributed by atoms with Gasteiger partial charge < -0.3 is 5.32 Å². The Morgan fingerprint density at radius 2 is 2.17 bits per heavy atom. The van der Waals surface area contributed by atoms with Crippen LogP contribution in [0.2, 0.25) is 0 Å². The Balaban J connectivity index is 2.14. The molecule has 1 saturated carbocycles.